The molecule has 1 aromatic carbocycles. The van der Waals surface area contributed by atoms with E-state index in [4.69, 9.17) is 4.74 Å². The molecule has 0 unspecified atom stereocenters. The van der Waals surface area contributed by atoms with Gasteiger partial charge in [-0.3, -0.25) is 0 Å². The fraction of sp³-hybridized carbons (Fsp3) is 0.647. The SMILES string of the molecule is CC(C)Oc1ccc(CNCCCN2CCCC2)cc1. The van der Waals surface area contributed by atoms with Crippen LogP contribution in [0.1, 0.15) is 38.7 Å². The van der Waals surface area contributed by atoms with Crippen molar-refractivity contribution < 1.29 is 4.74 Å². The molecule has 0 spiro atoms. The molecule has 1 aliphatic heterocycles. The summed E-state index contributed by atoms with van der Waals surface area (Å²) in [5.74, 6) is 0.956. The molecule has 1 heterocycles. The number of hydrogen-bond donors (Lipinski definition) is 1. The third-order valence-electron chi connectivity index (χ3n) is 3.65. The maximum atomic E-state index is 5.64. The Morgan fingerprint density at radius 2 is 1.85 bits per heavy atom. The first kappa shape index (κ1) is 15.3. The zero-order valence-electron chi connectivity index (χ0n) is 12.9. The molecular formula is C17H28N2O. The van der Waals surface area contributed by atoms with Gasteiger partial charge in [0, 0.05) is 6.54 Å². The molecule has 1 aliphatic rings. The van der Waals surface area contributed by atoms with Gasteiger partial charge in [-0.25, -0.2) is 0 Å². The van der Waals surface area contributed by atoms with Crippen molar-refractivity contribution in [3.05, 3.63) is 29.8 Å². The summed E-state index contributed by atoms with van der Waals surface area (Å²) in [5, 5.41) is 3.52. The average molecular weight is 276 g/mol. The van der Waals surface area contributed by atoms with Crippen LogP contribution >= 0.6 is 0 Å². The standard InChI is InChI=1S/C17H28N2O/c1-15(2)20-17-8-6-16(7-9-17)14-18-10-5-13-19-11-3-4-12-19/h6-9,15,18H,3-5,10-14H2,1-2H3. The fourth-order valence-electron chi connectivity index (χ4n) is 2.62. The smallest absolute Gasteiger partial charge is 0.119 e. The van der Waals surface area contributed by atoms with E-state index in [9.17, 15) is 0 Å². The maximum absolute atomic E-state index is 5.64. The Morgan fingerprint density at radius 3 is 2.50 bits per heavy atom. The maximum Gasteiger partial charge on any atom is 0.119 e. The van der Waals surface area contributed by atoms with Crippen molar-refractivity contribution in [3.8, 4) is 5.75 Å². The van der Waals surface area contributed by atoms with E-state index in [-0.39, 0.29) is 6.10 Å². The van der Waals surface area contributed by atoms with E-state index in [0.717, 1.165) is 18.8 Å². The number of benzene rings is 1. The lowest BCUT2D eigenvalue weighted by Gasteiger charge is -2.14. The Balaban J connectivity index is 1.58. The third-order valence-corrected chi connectivity index (χ3v) is 3.65. The Hall–Kier alpha value is -1.06. The lowest BCUT2D eigenvalue weighted by atomic mass is 10.2. The highest BCUT2D eigenvalue weighted by Gasteiger charge is 2.09. The molecule has 20 heavy (non-hydrogen) atoms. The van der Waals surface area contributed by atoms with Crippen LogP contribution in [-0.4, -0.2) is 37.2 Å². The highest BCUT2D eigenvalue weighted by molar-refractivity contribution is 5.27. The van der Waals surface area contributed by atoms with E-state index in [1.165, 1.54) is 44.5 Å². The second-order valence-corrected chi connectivity index (χ2v) is 5.89. The van der Waals surface area contributed by atoms with Crippen LogP contribution in [0.2, 0.25) is 0 Å². The van der Waals surface area contributed by atoms with Crippen LogP contribution in [0.15, 0.2) is 24.3 Å². The molecule has 0 bridgehead atoms. The van der Waals surface area contributed by atoms with Gasteiger partial charge in [-0.2, -0.15) is 0 Å². The van der Waals surface area contributed by atoms with Gasteiger partial charge in [0.05, 0.1) is 6.10 Å². The van der Waals surface area contributed by atoms with E-state index < -0.39 is 0 Å². The van der Waals surface area contributed by atoms with E-state index in [1.54, 1.807) is 0 Å². The van der Waals surface area contributed by atoms with E-state index in [0.29, 0.717) is 0 Å². The first-order chi connectivity index (χ1) is 9.74. The topological polar surface area (TPSA) is 24.5 Å². The molecule has 1 saturated heterocycles. The zero-order chi connectivity index (χ0) is 14.2. The summed E-state index contributed by atoms with van der Waals surface area (Å²) < 4.78 is 5.64. The van der Waals surface area contributed by atoms with Gasteiger partial charge >= 0.3 is 0 Å². The quantitative estimate of drug-likeness (QED) is 0.739. The molecule has 112 valence electrons. The van der Waals surface area contributed by atoms with Crippen molar-refractivity contribution in [2.45, 2.75) is 45.8 Å². The molecule has 0 radical (unpaired) electrons. The summed E-state index contributed by atoms with van der Waals surface area (Å²) in [5.41, 5.74) is 1.32. The van der Waals surface area contributed by atoms with Crippen LogP contribution in [0.25, 0.3) is 0 Å². The van der Waals surface area contributed by atoms with Crippen LogP contribution < -0.4 is 10.1 Å². The molecule has 0 aliphatic carbocycles. The summed E-state index contributed by atoms with van der Waals surface area (Å²) in [6.07, 6.45) is 4.26. The van der Waals surface area contributed by atoms with Crippen LogP contribution in [-0.2, 0) is 6.54 Å². The lowest BCUT2D eigenvalue weighted by molar-refractivity contribution is 0.242. The van der Waals surface area contributed by atoms with Gasteiger partial charge in [0.2, 0.25) is 0 Å². The second kappa shape index (κ2) is 8.28. The van der Waals surface area contributed by atoms with Gasteiger partial charge in [-0.15, -0.1) is 0 Å². The molecule has 1 fully saturated rings. The zero-order valence-corrected chi connectivity index (χ0v) is 12.9. The Labute approximate surface area is 123 Å². The lowest BCUT2D eigenvalue weighted by Crippen LogP contribution is -2.24. The highest BCUT2D eigenvalue weighted by Crippen LogP contribution is 2.13. The number of nitrogens with zero attached hydrogens (tertiary/aromatic N) is 1. The average Bonchev–Trinajstić information content (AvgIpc) is 2.93. The third kappa shape index (κ3) is 5.51. The highest BCUT2D eigenvalue weighted by atomic mass is 16.5. The van der Waals surface area contributed by atoms with E-state index in [2.05, 4.69) is 48.3 Å². The van der Waals surface area contributed by atoms with Crippen molar-refractivity contribution in [2.24, 2.45) is 0 Å². The first-order valence-electron chi connectivity index (χ1n) is 7.93. The molecule has 3 nitrogen and oxygen atoms in total. The molecule has 0 aromatic heterocycles. The number of hydrogen-bond acceptors (Lipinski definition) is 3. The summed E-state index contributed by atoms with van der Waals surface area (Å²) >= 11 is 0. The van der Waals surface area contributed by atoms with Gasteiger partial charge in [-0.05, 0) is 77.0 Å². The molecule has 0 amide bonds. The molecule has 2 rings (SSSR count). The molecule has 0 atom stereocenters. The minimum absolute atomic E-state index is 0.240. The Kier molecular flexibility index (Phi) is 6.34. The van der Waals surface area contributed by atoms with Gasteiger partial charge in [0.1, 0.15) is 5.75 Å². The van der Waals surface area contributed by atoms with Crippen LogP contribution in [0.4, 0.5) is 0 Å². The first-order valence-corrected chi connectivity index (χ1v) is 7.93. The normalized spacial score (nSPS) is 15.9. The van der Waals surface area contributed by atoms with E-state index in [1.807, 2.05) is 0 Å². The monoisotopic (exact) mass is 276 g/mol. The molecule has 3 heteroatoms. The van der Waals surface area contributed by atoms with Crippen molar-refractivity contribution in [2.75, 3.05) is 26.2 Å². The largest absolute Gasteiger partial charge is 0.491 e. The van der Waals surface area contributed by atoms with Gasteiger partial charge < -0.3 is 15.0 Å². The van der Waals surface area contributed by atoms with E-state index >= 15 is 0 Å². The van der Waals surface area contributed by atoms with Crippen LogP contribution in [0, 0.1) is 0 Å². The predicted octanol–water partition coefficient (Wildman–Crippen LogP) is 3.05. The number of likely N-dealkylation sites (tertiary alicyclic amines) is 1. The van der Waals surface area contributed by atoms with Crippen LogP contribution in [0.5, 0.6) is 5.75 Å². The Morgan fingerprint density at radius 1 is 1.15 bits per heavy atom. The minimum atomic E-state index is 0.240. The summed E-state index contributed by atoms with van der Waals surface area (Å²) in [6.45, 7) is 10.00. The summed E-state index contributed by atoms with van der Waals surface area (Å²) in [4.78, 5) is 2.57. The predicted molar refractivity (Wildman–Crippen MR) is 84.2 cm³/mol. The second-order valence-electron chi connectivity index (χ2n) is 5.89. The number of nitrogens with one attached hydrogen (secondary N) is 1. The molecule has 0 saturated carbocycles. The van der Waals surface area contributed by atoms with Crippen molar-refractivity contribution in [1.82, 2.24) is 10.2 Å². The minimum Gasteiger partial charge on any atom is -0.491 e. The molecule has 1 N–H and O–H groups in total. The fourth-order valence-corrected chi connectivity index (χ4v) is 2.62. The van der Waals surface area contributed by atoms with Gasteiger partial charge in [-0.1, -0.05) is 12.1 Å². The Bertz CT molecular complexity index is 369. The molecule has 1 aromatic rings. The van der Waals surface area contributed by atoms with Crippen molar-refractivity contribution in [3.63, 3.8) is 0 Å². The molecular weight excluding hydrogens is 248 g/mol. The van der Waals surface area contributed by atoms with Gasteiger partial charge in [0.25, 0.3) is 0 Å². The summed E-state index contributed by atoms with van der Waals surface area (Å²) in [6, 6.07) is 8.40. The van der Waals surface area contributed by atoms with Crippen LogP contribution in [0.3, 0.4) is 0 Å². The van der Waals surface area contributed by atoms with Gasteiger partial charge in [0.15, 0.2) is 0 Å². The number of rotatable bonds is 8. The van der Waals surface area contributed by atoms with Crippen molar-refractivity contribution >= 4 is 0 Å². The van der Waals surface area contributed by atoms with Crippen molar-refractivity contribution in [1.29, 1.82) is 0 Å². The summed E-state index contributed by atoms with van der Waals surface area (Å²) in [7, 11) is 0. The number of ether oxygens (including phenoxy) is 1.